The van der Waals surface area contributed by atoms with Gasteiger partial charge in [-0.2, -0.15) is 0 Å². The maximum atomic E-state index is 12.7. The standard InChI is InChI=1S/C16H31N3O/c1-12-10-14(7-9-19(12)4)18-15(20)16(2,3)13-6-5-8-17-11-13/h12-14,17H,5-11H2,1-4H3,(H,18,20). The van der Waals surface area contributed by atoms with Crippen LogP contribution in [0.3, 0.4) is 0 Å². The summed E-state index contributed by atoms with van der Waals surface area (Å²) in [7, 11) is 2.17. The van der Waals surface area contributed by atoms with E-state index < -0.39 is 0 Å². The van der Waals surface area contributed by atoms with Gasteiger partial charge >= 0.3 is 0 Å². The minimum Gasteiger partial charge on any atom is -0.353 e. The van der Waals surface area contributed by atoms with E-state index >= 15 is 0 Å². The molecule has 20 heavy (non-hydrogen) atoms. The summed E-state index contributed by atoms with van der Waals surface area (Å²) >= 11 is 0. The first-order valence-corrected chi connectivity index (χ1v) is 8.13. The Hall–Kier alpha value is -0.610. The normalized spacial score (nSPS) is 32.9. The van der Waals surface area contributed by atoms with Gasteiger partial charge in [0, 0.05) is 24.0 Å². The second-order valence-electron chi connectivity index (χ2n) is 7.29. The molecular formula is C16H31N3O. The molecule has 0 spiro atoms. The molecule has 0 aromatic heterocycles. The topological polar surface area (TPSA) is 44.4 Å². The van der Waals surface area contributed by atoms with Crippen LogP contribution in [0.4, 0.5) is 0 Å². The highest BCUT2D eigenvalue weighted by atomic mass is 16.2. The second-order valence-corrected chi connectivity index (χ2v) is 7.29. The molecule has 116 valence electrons. The first kappa shape index (κ1) is 15.8. The minimum absolute atomic E-state index is 0.243. The van der Waals surface area contributed by atoms with Crippen molar-refractivity contribution >= 4 is 5.91 Å². The van der Waals surface area contributed by atoms with Crippen LogP contribution in [0, 0.1) is 11.3 Å². The van der Waals surface area contributed by atoms with E-state index in [9.17, 15) is 4.79 Å². The maximum Gasteiger partial charge on any atom is 0.226 e. The molecule has 1 amide bonds. The van der Waals surface area contributed by atoms with Gasteiger partial charge < -0.3 is 15.5 Å². The SMILES string of the molecule is CC1CC(NC(=O)C(C)(C)C2CCCNC2)CCN1C. The second kappa shape index (κ2) is 6.44. The number of likely N-dealkylation sites (tertiary alicyclic amines) is 1. The average Bonchev–Trinajstić information content (AvgIpc) is 2.44. The van der Waals surface area contributed by atoms with Gasteiger partial charge in [0.2, 0.25) is 5.91 Å². The van der Waals surface area contributed by atoms with E-state index in [2.05, 4.69) is 43.4 Å². The van der Waals surface area contributed by atoms with E-state index in [1.54, 1.807) is 0 Å². The number of nitrogens with zero attached hydrogens (tertiary/aromatic N) is 1. The van der Waals surface area contributed by atoms with Gasteiger partial charge in [0.1, 0.15) is 0 Å². The van der Waals surface area contributed by atoms with Crippen LogP contribution in [0.25, 0.3) is 0 Å². The summed E-state index contributed by atoms with van der Waals surface area (Å²) in [5.74, 6) is 0.702. The van der Waals surface area contributed by atoms with Crippen molar-refractivity contribution in [1.29, 1.82) is 0 Å². The van der Waals surface area contributed by atoms with E-state index in [-0.39, 0.29) is 11.3 Å². The molecule has 0 aromatic carbocycles. The van der Waals surface area contributed by atoms with Crippen LogP contribution >= 0.6 is 0 Å². The summed E-state index contributed by atoms with van der Waals surface area (Å²) in [5.41, 5.74) is -0.264. The van der Waals surface area contributed by atoms with E-state index in [0.717, 1.165) is 38.9 Å². The molecule has 0 saturated carbocycles. The molecule has 2 heterocycles. The van der Waals surface area contributed by atoms with Gasteiger partial charge in [-0.3, -0.25) is 4.79 Å². The van der Waals surface area contributed by atoms with Crippen molar-refractivity contribution in [3.8, 4) is 0 Å². The molecule has 2 rings (SSSR count). The third-order valence-corrected chi connectivity index (χ3v) is 5.45. The average molecular weight is 281 g/mol. The number of nitrogens with one attached hydrogen (secondary N) is 2. The van der Waals surface area contributed by atoms with Crippen molar-refractivity contribution in [2.75, 3.05) is 26.7 Å². The van der Waals surface area contributed by atoms with Gasteiger partial charge in [0.25, 0.3) is 0 Å². The summed E-state index contributed by atoms with van der Waals surface area (Å²) in [5, 5.41) is 6.74. The Morgan fingerprint density at radius 3 is 2.70 bits per heavy atom. The highest BCUT2D eigenvalue weighted by molar-refractivity contribution is 5.82. The first-order valence-electron chi connectivity index (χ1n) is 8.13. The molecule has 0 aromatic rings. The molecule has 2 fully saturated rings. The minimum atomic E-state index is -0.264. The molecule has 4 nitrogen and oxygen atoms in total. The lowest BCUT2D eigenvalue weighted by atomic mass is 9.74. The van der Waals surface area contributed by atoms with Gasteiger partial charge in [-0.15, -0.1) is 0 Å². The van der Waals surface area contributed by atoms with Crippen LogP contribution in [0.2, 0.25) is 0 Å². The Balaban J connectivity index is 1.89. The molecule has 3 unspecified atom stereocenters. The molecule has 3 atom stereocenters. The summed E-state index contributed by atoms with van der Waals surface area (Å²) in [6.45, 7) is 9.62. The zero-order chi connectivity index (χ0) is 14.8. The predicted octanol–water partition coefficient (Wildman–Crippen LogP) is 1.61. The fourth-order valence-corrected chi connectivity index (χ4v) is 3.45. The Bertz CT molecular complexity index is 337. The molecule has 0 radical (unpaired) electrons. The Labute approximate surface area is 123 Å². The predicted molar refractivity (Wildman–Crippen MR) is 82.6 cm³/mol. The number of hydrogen-bond donors (Lipinski definition) is 2. The van der Waals surface area contributed by atoms with Crippen molar-refractivity contribution in [3.63, 3.8) is 0 Å². The lowest BCUT2D eigenvalue weighted by Gasteiger charge is -2.39. The Kier molecular flexibility index (Phi) is 5.08. The smallest absolute Gasteiger partial charge is 0.226 e. The number of hydrogen-bond acceptors (Lipinski definition) is 3. The van der Waals surface area contributed by atoms with Crippen molar-refractivity contribution in [2.24, 2.45) is 11.3 Å². The van der Waals surface area contributed by atoms with Crippen molar-refractivity contribution in [1.82, 2.24) is 15.5 Å². The lowest BCUT2D eigenvalue weighted by molar-refractivity contribution is -0.133. The summed E-state index contributed by atoms with van der Waals surface area (Å²) in [6, 6.07) is 0.915. The van der Waals surface area contributed by atoms with Gasteiger partial charge in [0.05, 0.1) is 0 Å². The van der Waals surface area contributed by atoms with Crippen LogP contribution < -0.4 is 10.6 Å². The number of amides is 1. The summed E-state index contributed by atoms with van der Waals surface area (Å²) in [4.78, 5) is 15.0. The van der Waals surface area contributed by atoms with Crippen LogP contribution in [0.15, 0.2) is 0 Å². The zero-order valence-corrected chi connectivity index (χ0v) is 13.5. The van der Waals surface area contributed by atoms with Gasteiger partial charge in [-0.05, 0) is 58.7 Å². The zero-order valence-electron chi connectivity index (χ0n) is 13.5. The van der Waals surface area contributed by atoms with E-state index in [0.29, 0.717) is 18.0 Å². The maximum absolute atomic E-state index is 12.7. The van der Waals surface area contributed by atoms with Crippen molar-refractivity contribution in [2.45, 2.75) is 58.5 Å². The third-order valence-electron chi connectivity index (χ3n) is 5.45. The first-order chi connectivity index (χ1) is 9.41. The Morgan fingerprint density at radius 2 is 2.10 bits per heavy atom. The van der Waals surface area contributed by atoms with Gasteiger partial charge in [-0.25, -0.2) is 0 Å². The number of carbonyl (C=O) groups is 1. The molecule has 4 heteroatoms. The molecular weight excluding hydrogens is 250 g/mol. The van der Waals surface area contributed by atoms with Crippen LogP contribution in [-0.4, -0.2) is 49.6 Å². The Morgan fingerprint density at radius 1 is 1.35 bits per heavy atom. The monoisotopic (exact) mass is 281 g/mol. The van der Waals surface area contributed by atoms with Crippen LogP contribution in [0.1, 0.15) is 46.5 Å². The highest BCUT2D eigenvalue weighted by Crippen LogP contribution is 2.32. The van der Waals surface area contributed by atoms with Crippen LogP contribution in [0.5, 0.6) is 0 Å². The summed E-state index contributed by atoms with van der Waals surface area (Å²) in [6.07, 6.45) is 4.50. The molecule has 0 aliphatic carbocycles. The quantitative estimate of drug-likeness (QED) is 0.826. The highest BCUT2D eigenvalue weighted by Gasteiger charge is 2.38. The molecule has 2 aliphatic rings. The molecule has 2 saturated heterocycles. The number of carbonyl (C=O) groups excluding carboxylic acids is 1. The van der Waals surface area contributed by atoms with E-state index in [4.69, 9.17) is 0 Å². The fraction of sp³-hybridized carbons (Fsp3) is 0.938. The lowest BCUT2D eigenvalue weighted by Crippen LogP contribution is -2.53. The molecule has 0 bridgehead atoms. The number of rotatable bonds is 3. The van der Waals surface area contributed by atoms with Gasteiger partial charge in [-0.1, -0.05) is 13.8 Å². The van der Waals surface area contributed by atoms with Crippen molar-refractivity contribution in [3.05, 3.63) is 0 Å². The molecule has 2 aliphatic heterocycles. The van der Waals surface area contributed by atoms with Crippen LogP contribution in [-0.2, 0) is 4.79 Å². The molecule has 2 N–H and O–H groups in total. The van der Waals surface area contributed by atoms with Gasteiger partial charge in [0.15, 0.2) is 0 Å². The fourth-order valence-electron chi connectivity index (χ4n) is 3.45. The number of piperidine rings is 2. The largest absolute Gasteiger partial charge is 0.353 e. The third kappa shape index (κ3) is 3.53. The summed E-state index contributed by atoms with van der Waals surface area (Å²) < 4.78 is 0. The van der Waals surface area contributed by atoms with Crippen molar-refractivity contribution < 1.29 is 4.79 Å². The van der Waals surface area contributed by atoms with E-state index in [1.807, 2.05) is 0 Å². The van der Waals surface area contributed by atoms with E-state index in [1.165, 1.54) is 6.42 Å².